The molecule has 1 aromatic rings. The molecule has 0 spiro atoms. The van der Waals surface area contributed by atoms with Gasteiger partial charge in [-0.3, -0.25) is 9.59 Å². The van der Waals surface area contributed by atoms with Gasteiger partial charge in [0.15, 0.2) is 0 Å². The SMILES string of the molecule is CCN(CC)C(=O)CN(C)C(=O)CC(N)c1ccccc1.Cl. The maximum atomic E-state index is 12.1. The molecule has 0 radical (unpaired) electrons. The summed E-state index contributed by atoms with van der Waals surface area (Å²) in [5.41, 5.74) is 6.96. The van der Waals surface area contributed by atoms with Crippen molar-refractivity contribution in [1.29, 1.82) is 0 Å². The second-order valence-electron chi connectivity index (χ2n) is 5.04. The molecule has 5 nitrogen and oxygen atoms in total. The highest BCUT2D eigenvalue weighted by molar-refractivity contribution is 5.85. The van der Waals surface area contributed by atoms with Gasteiger partial charge in [-0.1, -0.05) is 30.3 Å². The molecule has 2 amide bonds. The van der Waals surface area contributed by atoms with Crippen LogP contribution in [-0.2, 0) is 9.59 Å². The number of carbonyl (C=O) groups is 2. The van der Waals surface area contributed by atoms with Gasteiger partial charge >= 0.3 is 0 Å². The van der Waals surface area contributed by atoms with Gasteiger partial charge in [-0.15, -0.1) is 12.4 Å². The van der Waals surface area contributed by atoms with E-state index in [9.17, 15) is 9.59 Å². The zero-order chi connectivity index (χ0) is 15.8. The van der Waals surface area contributed by atoms with Crippen molar-refractivity contribution in [1.82, 2.24) is 9.80 Å². The molecule has 0 bridgehead atoms. The van der Waals surface area contributed by atoms with Gasteiger partial charge in [0, 0.05) is 32.6 Å². The van der Waals surface area contributed by atoms with Gasteiger partial charge in [-0.05, 0) is 19.4 Å². The smallest absolute Gasteiger partial charge is 0.242 e. The number of benzene rings is 1. The van der Waals surface area contributed by atoms with Crippen molar-refractivity contribution in [2.45, 2.75) is 26.3 Å². The maximum Gasteiger partial charge on any atom is 0.242 e. The molecule has 22 heavy (non-hydrogen) atoms. The van der Waals surface area contributed by atoms with Crippen LogP contribution in [0.1, 0.15) is 31.9 Å². The monoisotopic (exact) mass is 327 g/mol. The Morgan fingerprint density at radius 2 is 1.64 bits per heavy atom. The molecule has 0 aliphatic rings. The van der Waals surface area contributed by atoms with Gasteiger partial charge in [0.25, 0.3) is 0 Å². The van der Waals surface area contributed by atoms with E-state index in [0.717, 1.165) is 5.56 Å². The van der Waals surface area contributed by atoms with Crippen LogP contribution >= 0.6 is 12.4 Å². The van der Waals surface area contributed by atoms with E-state index in [1.54, 1.807) is 11.9 Å². The largest absolute Gasteiger partial charge is 0.342 e. The van der Waals surface area contributed by atoms with Crippen LogP contribution in [0.15, 0.2) is 30.3 Å². The van der Waals surface area contributed by atoms with E-state index >= 15 is 0 Å². The topological polar surface area (TPSA) is 66.6 Å². The predicted molar refractivity (Wildman–Crippen MR) is 90.8 cm³/mol. The standard InChI is InChI=1S/C16H25N3O2.ClH/c1-4-19(5-2)16(21)12-18(3)15(20)11-14(17)13-9-7-6-8-10-13;/h6-10,14H,4-5,11-12,17H2,1-3H3;1H. The van der Waals surface area contributed by atoms with E-state index in [0.29, 0.717) is 13.1 Å². The average Bonchev–Trinajstić information content (AvgIpc) is 2.49. The lowest BCUT2D eigenvalue weighted by molar-refractivity contribution is -0.139. The number of likely N-dealkylation sites (N-methyl/N-ethyl adjacent to an activating group) is 2. The predicted octanol–water partition coefficient (Wildman–Crippen LogP) is 1.83. The summed E-state index contributed by atoms with van der Waals surface area (Å²) in [7, 11) is 1.64. The second kappa shape index (κ2) is 10.2. The molecule has 0 saturated carbocycles. The van der Waals surface area contributed by atoms with Gasteiger partial charge in [0.1, 0.15) is 0 Å². The average molecular weight is 328 g/mol. The van der Waals surface area contributed by atoms with Crippen LogP contribution in [0.4, 0.5) is 0 Å². The molecule has 0 aromatic heterocycles. The minimum atomic E-state index is -0.343. The lowest BCUT2D eigenvalue weighted by Crippen LogP contribution is -2.41. The maximum absolute atomic E-state index is 12.1. The summed E-state index contributed by atoms with van der Waals surface area (Å²) >= 11 is 0. The minimum Gasteiger partial charge on any atom is -0.342 e. The zero-order valence-corrected chi connectivity index (χ0v) is 14.3. The van der Waals surface area contributed by atoms with Crippen LogP contribution in [0, 0.1) is 0 Å². The second-order valence-corrected chi connectivity index (χ2v) is 5.04. The third-order valence-electron chi connectivity index (χ3n) is 3.54. The third kappa shape index (κ3) is 6.03. The van der Waals surface area contributed by atoms with Crippen LogP contribution in [0.25, 0.3) is 0 Å². The summed E-state index contributed by atoms with van der Waals surface area (Å²) in [5, 5.41) is 0. The number of hydrogen-bond donors (Lipinski definition) is 1. The summed E-state index contributed by atoms with van der Waals surface area (Å²) in [6.07, 6.45) is 0.200. The number of carbonyl (C=O) groups excluding carboxylic acids is 2. The Labute approximate surface area is 138 Å². The lowest BCUT2D eigenvalue weighted by atomic mass is 10.0. The van der Waals surface area contributed by atoms with Crippen molar-refractivity contribution in [2.24, 2.45) is 5.73 Å². The number of rotatable bonds is 7. The number of nitrogens with zero attached hydrogens (tertiary/aromatic N) is 2. The van der Waals surface area contributed by atoms with Gasteiger partial charge in [-0.25, -0.2) is 0 Å². The molecule has 124 valence electrons. The molecule has 6 heteroatoms. The number of hydrogen-bond acceptors (Lipinski definition) is 3. The van der Waals surface area contributed by atoms with Crippen molar-refractivity contribution in [3.63, 3.8) is 0 Å². The summed E-state index contributed by atoms with van der Waals surface area (Å²) in [6, 6.07) is 9.16. The van der Waals surface area contributed by atoms with Gasteiger partial charge in [0.05, 0.1) is 6.54 Å². The third-order valence-corrected chi connectivity index (χ3v) is 3.54. The van der Waals surface area contributed by atoms with E-state index in [2.05, 4.69) is 0 Å². The molecule has 0 fully saturated rings. The van der Waals surface area contributed by atoms with Gasteiger partial charge in [-0.2, -0.15) is 0 Å². The Kier molecular flexibility index (Phi) is 9.45. The normalized spacial score (nSPS) is 11.3. The van der Waals surface area contributed by atoms with Crippen LogP contribution < -0.4 is 5.73 Å². The lowest BCUT2D eigenvalue weighted by Gasteiger charge is -2.24. The van der Waals surface area contributed by atoms with Crippen molar-refractivity contribution in [3.05, 3.63) is 35.9 Å². The molecule has 1 rings (SSSR count). The molecule has 1 unspecified atom stereocenters. The van der Waals surface area contributed by atoms with Gasteiger partial charge in [0.2, 0.25) is 11.8 Å². The van der Waals surface area contributed by atoms with Gasteiger partial charge < -0.3 is 15.5 Å². The summed E-state index contributed by atoms with van der Waals surface area (Å²) in [6.45, 7) is 5.26. The fourth-order valence-corrected chi connectivity index (χ4v) is 2.13. The zero-order valence-electron chi connectivity index (χ0n) is 13.5. The molecule has 2 N–H and O–H groups in total. The Morgan fingerprint density at radius 3 is 2.14 bits per heavy atom. The summed E-state index contributed by atoms with van der Waals surface area (Å²) in [5.74, 6) is -0.156. The highest BCUT2D eigenvalue weighted by Crippen LogP contribution is 2.14. The Balaban J connectivity index is 0.00000441. The molecule has 0 aliphatic carbocycles. The first kappa shape index (κ1) is 20.4. The molecule has 0 heterocycles. The van der Waals surface area contributed by atoms with E-state index in [1.807, 2.05) is 44.2 Å². The fraction of sp³-hybridized carbons (Fsp3) is 0.500. The first-order valence-electron chi connectivity index (χ1n) is 7.31. The molecule has 1 atom stereocenters. The highest BCUT2D eigenvalue weighted by Gasteiger charge is 2.19. The molecule has 1 aromatic carbocycles. The van der Waals surface area contributed by atoms with E-state index in [1.165, 1.54) is 4.90 Å². The number of nitrogens with two attached hydrogens (primary N) is 1. The van der Waals surface area contributed by atoms with Crippen LogP contribution in [0.5, 0.6) is 0 Å². The first-order chi connectivity index (χ1) is 9.99. The van der Waals surface area contributed by atoms with Crippen LogP contribution in [0.3, 0.4) is 0 Å². The van der Waals surface area contributed by atoms with Crippen molar-refractivity contribution in [3.8, 4) is 0 Å². The summed E-state index contributed by atoms with van der Waals surface area (Å²) < 4.78 is 0. The molecular formula is C16H26ClN3O2. The van der Waals surface area contributed by atoms with E-state index in [4.69, 9.17) is 5.73 Å². The Bertz CT molecular complexity index is 464. The minimum absolute atomic E-state index is 0. The van der Waals surface area contributed by atoms with E-state index < -0.39 is 0 Å². The fourth-order valence-electron chi connectivity index (χ4n) is 2.13. The van der Waals surface area contributed by atoms with Crippen molar-refractivity contribution < 1.29 is 9.59 Å². The first-order valence-corrected chi connectivity index (χ1v) is 7.31. The molecular weight excluding hydrogens is 302 g/mol. The summed E-state index contributed by atoms with van der Waals surface area (Å²) in [4.78, 5) is 27.3. The number of amides is 2. The number of halogens is 1. The molecule has 0 aliphatic heterocycles. The molecule has 0 saturated heterocycles. The Hall–Kier alpha value is -1.59. The Morgan fingerprint density at radius 1 is 1.09 bits per heavy atom. The van der Waals surface area contributed by atoms with Crippen molar-refractivity contribution in [2.75, 3.05) is 26.7 Å². The quantitative estimate of drug-likeness (QED) is 0.830. The van der Waals surface area contributed by atoms with Crippen LogP contribution in [-0.4, -0.2) is 48.3 Å². The highest BCUT2D eigenvalue weighted by atomic mass is 35.5. The van der Waals surface area contributed by atoms with Crippen molar-refractivity contribution >= 4 is 24.2 Å². The van der Waals surface area contributed by atoms with Crippen LogP contribution in [0.2, 0.25) is 0 Å². The van der Waals surface area contributed by atoms with E-state index in [-0.39, 0.29) is 43.2 Å².